The van der Waals surface area contributed by atoms with Crippen molar-refractivity contribution in [2.75, 3.05) is 25.5 Å². The minimum absolute atomic E-state index is 0.122. The van der Waals surface area contributed by atoms with E-state index < -0.39 is 0 Å². The predicted octanol–water partition coefficient (Wildman–Crippen LogP) is 5.88. The molecule has 2 heterocycles. The van der Waals surface area contributed by atoms with Gasteiger partial charge in [0.15, 0.2) is 0 Å². The molecule has 1 amide bonds. The highest BCUT2D eigenvalue weighted by molar-refractivity contribution is 5.95. The molecule has 0 unspecified atom stereocenters. The van der Waals surface area contributed by atoms with Gasteiger partial charge in [0.2, 0.25) is 0 Å². The van der Waals surface area contributed by atoms with Crippen LogP contribution in [-0.4, -0.2) is 40.9 Å². The van der Waals surface area contributed by atoms with Crippen molar-refractivity contribution in [3.05, 3.63) is 70.7 Å². The second kappa shape index (κ2) is 9.19. The number of hydrogen-bond donors (Lipinski definition) is 2. The van der Waals surface area contributed by atoms with Gasteiger partial charge in [-0.1, -0.05) is 32.0 Å². The van der Waals surface area contributed by atoms with Crippen molar-refractivity contribution in [2.45, 2.75) is 52.4 Å². The number of aryl methyl sites for hydroxylation is 2. The number of carbonyl (C=O) groups excluding carboxylic acids is 1. The van der Waals surface area contributed by atoms with Gasteiger partial charge in [-0.3, -0.25) is 4.79 Å². The van der Waals surface area contributed by atoms with Gasteiger partial charge < -0.3 is 15.2 Å². The first-order valence-electron chi connectivity index (χ1n) is 11.6. The Morgan fingerprint density at radius 1 is 1.09 bits per heavy atom. The molecule has 32 heavy (non-hydrogen) atoms. The first-order valence-corrected chi connectivity index (χ1v) is 11.6. The maximum atomic E-state index is 13.3. The Hall–Kier alpha value is -3.08. The molecule has 0 saturated carbocycles. The van der Waals surface area contributed by atoms with Crippen LogP contribution in [0.5, 0.6) is 0 Å². The van der Waals surface area contributed by atoms with E-state index in [1.807, 2.05) is 37.1 Å². The van der Waals surface area contributed by atoms with Crippen LogP contribution in [0.4, 0.5) is 5.69 Å². The molecule has 1 aliphatic heterocycles. The molecule has 1 aromatic heterocycles. The fourth-order valence-electron chi connectivity index (χ4n) is 4.56. The molecular weight excluding hydrogens is 396 g/mol. The Kier molecular flexibility index (Phi) is 6.35. The summed E-state index contributed by atoms with van der Waals surface area (Å²) in [7, 11) is 1.94. The highest BCUT2D eigenvalue weighted by Gasteiger charge is 2.25. The van der Waals surface area contributed by atoms with Gasteiger partial charge in [0.05, 0.1) is 11.4 Å². The monoisotopic (exact) mass is 430 g/mol. The Morgan fingerprint density at radius 3 is 2.38 bits per heavy atom. The zero-order valence-corrected chi connectivity index (χ0v) is 19.8. The average Bonchev–Trinajstić information content (AvgIpc) is 3.21. The number of imidazole rings is 1. The fourth-order valence-corrected chi connectivity index (χ4v) is 4.56. The Labute approximate surface area is 191 Å². The van der Waals surface area contributed by atoms with E-state index in [0.717, 1.165) is 65.5 Å². The number of aromatic nitrogens is 2. The quantitative estimate of drug-likeness (QED) is 0.531. The average molecular weight is 431 g/mol. The summed E-state index contributed by atoms with van der Waals surface area (Å²) in [6.07, 6.45) is 2.00. The predicted molar refractivity (Wildman–Crippen MR) is 131 cm³/mol. The van der Waals surface area contributed by atoms with Crippen molar-refractivity contribution in [1.82, 2.24) is 14.9 Å². The van der Waals surface area contributed by atoms with Crippen LogP contribution in [0.1, 0.15) is 71.5 Å². The molecule has 0 atom stereocenters. The normalized spacial score (nSPS) is 14.8. The van der Waals surface area contributed by atoms with E-state index in [4.69, 9.17) is 0 Å². The third-order valence-corrected chi connectivity index (χ3v) is 6.66. The van der Waals surface area contributed by atoms with Gasteiger partial charge in [-0.25, -0.2) is 4.98 Å². The molecule has 168 valence electrons. The summed E-state index contributed by atoms with van der Waals surface area (Å²) < 4.78 is 0. The molecule has 5 heteroatoms. The minimum Gasteiger partial charge on any atom is -0.388 e. The number of anilines is 1. The second-order valence-electron chi connectivity index (χ2n) is 9.21. The molecule has 3 aromatic rings. The smallest absolute Gasteiger partial charge is 0.253 e. The summed E-state index contributed by atoms with van der Waals surface area (Å²) in [5.74, 6) is 1.96. The first-order chi connectivity index (χ1) is 15.4. The summed E-state index contributed by atoms with van der Waals surface area (Å²) in [5, 5.41) is 3.17. The Balaban J connectivity index is 1.49. The van der Waals surface area contributed by atoms with Crippen LogP contribution >= 0.6 is 0 Å². The van der Waals surface area contributed by atoms with Crippen molar-refractivity contribution in [2.24, 2.45) is 0 Å². The largest absolute Gasteiger partial charge is 0.388 e. The summed E-state index contributed by atoms with van der Waals surface area (Å²) in [6, 6.07) is 14.7. The van der Waals surface area contributed by atoms with E-state index in [9.17, 15) is 4.79 Å². The number of H-pyrrole nitrogens is 1. The summed E-state index contributed by atoms with van der Waals surface area (Å²) in [6.45, 7) is 9.96. The number of hydrogen-bond acceptors (Lipinski definition) is 3. The SMILES string of the molecule is CNc1ccc(C2CCN(C(=O)c3ccc(C)c(-c4[nH]c(C(C)C)nc4C)c3)CC2)cc1. The van der Waals surface area contributed by atoms with Crippen molar-refractivity contribution in [3.8, 4) is 11.3 Å². The molecule has 4 rings (SSSR count). The molecule has 2 aromatic carbocycles. The lowest BCUT2D eigenvalue weighted by molar-refractivity contribution is 0.0713. The van der Waals surface area contributed by atoms with Gasteiger partial charge in [-0.2, -0.15) is 0 Å². The molecular formula is C27H34N4O. The van der Waals surface area contributed by atoms with E-state index in [1.54, 1.807) is 0 Å². The molecule has 2 N–H and O–H groups in total. The van der Waals surface area contributed by atoms with Gasteiger partial charge in [0.25, 0.3) is 5.91 Å². The number of likely N-dealkylation sites (tertiary alicyclic amines) is 1. The Morgan fingerprint density at radius 2 is 1.78 bits per heavy atom. The van der Waals surface area contributed by atoms with E-state index in [1.165, 1.54) is 5.56 Å². The number of aromatic amines is 1. The van der Waals surface area contributed by atoms with Crippen LogP contribution in [0.25, 0.3) is 11.3 Å². The topological polar surface area (TPSA) is 61.0 Å². The zero-order valence-electron chi connectivity index (χ0n) is 19.8. The lowest BCUT2D eigenvalue weighted by Crippen LogP contribution is -2.37. The van der Waals surface area contributed by atoms with Crippen LogP contribution in [0, 0.1) is 13.8 Å². The van der Waals surface area contributed by atoms with Crippen molar-refractivity contribution in [3.63, 3.8) is 0 Å². The molecule has 0 bridgehead atoms. The molecule has 1 aliphatic rings. The molecule has 0 spiro atoms. The van der Waals surface area contributed by atoms with Crippen molar-refractivity contribution < 1.29 is 4.79 Å². The Bertz CT molecular complexity index is 1090. The van der Waals surface area contributed by atoms with Crippen molar-refractivity contribution in [1.29, 1.82) is 0 Å². The van der Waals surface area contributed by atoms with E-state index >= 15 is 0 Å². The van der Waals surface area contributed by atoms with E-state index in [-0.39, 0.29) is 5.91 Å². The van der Waals surface area contributed by atoms with Gasteiger partial charge >= 0.3 is 0 Å². The van der Waals surface area contributed by atoms with Crippen molar-refractivity contribution >= 4 is 11.6 Å². The number of amides is 1. The van der Waals surface area contributed by atoms with Gasteiger partial charge in [0, 0.05) is 42.9 Å². The number of nitrogens with one attached hydrogen (secondary N) is 2. The van der Waals surface area contributed by atoms with Crippen LogP contribution in [-0.2, 0) is 0 Å². The third kappa shape index (κ3) is 4.43. The lowest BCUT2D eigenvalue weighted by Gasteiger charge is -2.32. The molecule has 1 fully saturated rings. The minimum atomic E-state index is 0.122. The molecule has 0 aliphatic carbocycles. The molecule has 0 radical (unpaired) electrons. The third-order valence-electron chi connectivity index (χ3n) is 6.66. The lowest BCUT2D eigenvalue weighted by atomic mass is 9.89. The highest BCUT2D eigenvalue weighted by atomic mass is 16.2. The number of carbonyl (C=O) groups is 1. The van der Waals surface area contributed by atoms with Crippen LogP contribution < -0.4 is 5.32 Å². The number of piperidine rings is 1. The zero-order chi connectivity index (χ0) is 22.8. The summed E-state index contributed by atoms with van der Waals surface area (Å²) in [5.41, 5.74) is 7.45. The van der Waals surface area contributed by atoms with Gasteiger partial charge in [0.1, 0.15) is 5.82 Å². The second-order valence-corrected chi connectivity index (χ2v) is 9.21. The first kappa shape index (κ1) is 22.1. The molecule has 1 saturated heterocycles. The number of nitrogens with zero attached hydrogens (tertiary/aromatic N) is 2. The maximum absolute atomic E-state index is 13.3. The summed E-state index contributed by atoms with van der Waals surface area (Å²) in [4.78, 5) is 23.5. The number of rotatable bonds is 5. The van der Waals surface area contributed by atoms with Crippen LogP contribution in [0.2, 0.25) is 0 Å². The molecule has 5 nitrogen and oxygen atoms in total. The van der Waals surface area contributed by atoms with Gasteiger partial charge in [-0.05, 0) is 68.0 Å². The van der Waals surface area contributed by atoms with E-state index in [0.29, 0.717) is 11.8 Å². The summed E-state index contributed by atoms with van der Waals surface area (Å²) >= 11 is 0. The standard InChI is InChI=1S/C27H34N4O/c1-17(2)26-29-19(4)25(30-26)24-16-22(7-6-18(24)3)27(32)31-14-12-21(13-15-31)20-8-10-23(28-5)11-9-20/h6-11,16-17,21,28H,12-15H2,1-5H3,(H,29,30). The highest BCUT2D eigenvalue weighted by Crippen LogP contribution is 2.31. The van der Waals surface area contributed by atoms with Crippen LogP contribution in [0.3, 0.4) is 0 Å². The maximum Gasteiger partial charge on any atom is 0.253 e. The fraction of sp³-hybridized carbons (Fsp3) is 0.407. The van der Waals surface area contributed by atoms with Crippen LogP contribution in [0.15, 0.2) is 42.5 Å². The van der Waals surface area contributed by atoms with E-state index in [2.05, 4.69) is 60.3 Å². The number of benzene rings is 2. The van der Waals surface area contributed by atoms with Gasteiger partial charge in [-0.15, -0.1) is 0 Å².